The highest BCUT2D eigenvalue weighted by molar-refractivity contribution is 5.14. The van der Waals surface area contributed by atoms with E-state index < -0.39 is 0 Å². The quantitative estimate of drug-likeness (QED) is 0.739. The molecule has 0 aliphatic carbocycles. The Kier molecular flexibility index (Phi) is 9.73. The third-order valence-electron chi connectivity index (χ3n) is 2.14. The van der Waals surface area contributed by atoms with Crippen molar-refractivity contribution in [2.24, 2.45) is 0 Å². The average molecular weight is 221 g/mol. The van der Waals surface area contributed by atoms with Gasteiger partial charge >= 0.3 is 0 Å². The first-order chi connectivity index (χ1) is 7.70. The van der Waals surface area contributed by atoms with E-state index in [1.165, 1.54) is 30.4 Å². The smallest absolute Gasteiger partial charge is 0.0156 e. The van der Waals surface area contributed by atoms with E-state index in [0.29, 0.717) is 0 Å². The van der Waals surface area contributed by atoms with E-state index in [-0.39, 0.29) is 1.43 Å². The molecular weight excluding hydrogens is 194 g/mol. The third kappa shape index (κ3) is 9.47. The molecule has 1 aromatic carbocycles. The van der Waals surface area contributed by atoms with Crippen molar-refractivity contribution < 1.29 is 1.43 Å². The van der Waals surface area contributed by atoms with Gasteiger partial charge in [-0.1, -0.05) is 55.8 Å². The molecule has 0 amide bonds. The Morgan fingerprint density at radius 2 is 1.94 bits per heavy atom. The monoisotopic (exact) mass is 221 g/mol. The summed E-state index contributed by atoms with van der Waals surface area (Å²) in [6, 6.07) is 10.6. The summed E-state index contributed by atoms with van der Waals surface area (Å²) in [6.45, 7) is 8.83. The van der Waals surface area contributed by atoms with Gasteiger partial charge in [-0.15, -0.1) is 0 Å². The third-order valence-corrected chi connectivity index (χ3v) is 2.14. The fourth-order valence-corrected chi connectivity index (χ4v) is 1.33. The number of nitrogens with one attached hydrogen (secondary N) is 1. The zero-order valence-corrected chi connectivity index (χ0v) is 10.9. The summed E-state index contributed by atoms with van der Waals surface area (Å²) in [6.07, 6.45) is 3.83. The Morgan fingerprint density at radius 1 is 1.31 bits per heavy atom. The molecule has 0 atom stereocenters. The van der Waals surface area contributed by atoms with Crippen LogP contribution in [0.15, 0.2) is 42.5 Å². The van der Waals surface area contributed by atoms with Crippen LogP contribution in [-0.2, 0) is 6.42 Å². The van der Waals surface area contributed by atoms with E-state index in [1.807, 2.05) is 14.0 Å². The van der Waals surface area contributed by atoms with Gasteiger partial charge < -0.3 is 5.32 Å². The van der Waals surface area contributed by atoms with E-state index in [4.69, 9.17) is 0 Å². The van der Waals surface area contributed by atoms with Gasteiger partial charge in [0.25, 0.3) is 0 Å². The molecule has 0 radical (unpaired) electrons. The predicted molar refractivity (Wildman–Crippen MR) is 75.9 cm³/mol. The van der Waals surface area contributed by atoms with E-state index in [2.05, 4.69) is 49.2 Å². The molecule has 1 nitrogen and oxygen atoms in total. The van der Waals surface area contributed by atoms with Crippen molar-refractivity contribution in [1.29, 1.82) is 0 Å². The first kappa shape index (κ1) is 14.9. The van der Waals surface area contributed by atoms with Gasteiger partial charge in [0, 0.05) is 7.97 Å². The molecule has 1 aromatic rings. The molecule has 0 saturated heterocycles. The highest BCUT2D eigenvalue weighted by atomic mass is 14.8. The van der Waals surface area contributed by atoms with Crippen LogP contribution in [0.1, 0.15) is 33.7 Å². The number of rotatable bonds is 5. The molecule has 1 N–H and O–H groups in total. The van der Waals surface area contributed by atoms with Crippen molar-refractivity contribution >= 4 is 0 Å². The number of unbranched alkanes of at least 4 members (excludes halogenated alkanes) is 1. The molecule has 1 rings (SSSR count). The van der Waals surface area contributed by atoms with E-state index >= 15 is 0 Å². The number of likely N-dealkylation sites (N-methyl/N-ethyl adjacent to an activating group) is 1. The molecule has 0 aliphatic rings. The minimum absolute atomic E-state index is 0. The summed E-state index contributed by atoms with van der Waals surface area (Å²) in [5.74, 6) is 0. The highest BCUT2D eigenvalue weighted by Crippen LogP contribution is 2.03. The van der Waals surface area contributed by atoms with Crippen LogP contribution in [-0.4, -0.2) is 13.6 Å². The fourth-order valence-electron chi connectivity index (χ4n) is 1.33. The maximum atomic E-state index is 3.68. The van der Waals surface area contributed by atoms with E-state index in [1.54, 1.807) is 0 Å². The Hall–Kier alpha value is -1.08. The molecule has 0 aliphatic heterocycles. The first-order valence-electron chi connectivity index (χ1n) is 6.03. The highest BCUT2D eigenvalue weighted by Gasteiger charge is 1.87. The van der Waals surface area contributed by atoms with Crippen molar-refractivity contribution in [3.05, 3.63) is 48.0 Å². The van der Waals surface area contributed by atoms with Crippen LogP contribution in [0.2, 0.25) is 0 Å². The Morgan fingerprint density at radius 3 is 2.31 bits per heavy atom. The second-order valence-electron chi connectivity index (χ2n) is 4.08. The summed E-state index contributed by atoms with van der Waals surface area (Å²) in [5.41, 5.74) is 2.64. The second-order valence-corrected chi connectivity index (χ2v) is 4.08. The van der Waals surface area contributed by atoms with Crippen LogP contribution in [0.25, 0.3) is 0 Å². The first-order valence-corrected chi connectivity index (χ1v) is 6.03. The van der Waals surface area contributed by atoms with Gasteiger partial charge in [-0.2, -0.15) is 0 Å². The molecule has 0 unspecified atom stereocenters. The predicted octanol–water partition coefficient (Wildman–Crippen LogP) is 4.06. The average Bonchev–Trinajstić information content (AvgIpc) is 2.28. The van der Waals surface area contributed by atoms with Crippen molar-refractivity contribution in [2.45, 2.75) is 33.1 Å². The molecule has 0 fully saturated rings. The molecule has 0 spiro atoms. The van der Waals surface area contributed by atoms with Crippen LogP contribution in [0.3, 0.4) is 0 Å². The summed E-state index contributed by atoms with van der Waals surface area (Å²) < 4.78 is 0. The largest absolute Gasteiger partial charge is 0.316 e. The van der Waals surface area contributed by atoms with Gasteiger partial charge in [0.15, 0.2) is 0 Å². The van der Waals surface area contributed by atoms with Crippen LogP contribution in [0, 0.1) is 0 Å². The van der Waals surface area contributed by atoms with Crippen molar-refractivity contribution in [2.75, 3.05) is 13.6 Å². The van der Waals surface area contributed by atoms with Crippen molar-refractivity contribution in [1.82, 2.24) is 5.32 Å². The van der Waals surface area contributed by atoms with Crippen molar-refractivity contribution in [3.63, 3.8) is 0 Å². The van der Waals surface area contributed by atoms with Gasteiger partial charge in [-0.05, 0) is 32.4 Å². The zero-order chi connectivity index (χ0) is 12.2. The van der Waals surface area contributed by atoms with Crippen LogP contribution in [0.4, 0.5) is 0 Å². The molecule has 16 heavy (non-hydrogen) atoms. The number of aryl methyl sites for hydroxylation is 1. The summed E-state index contributed by atoms with van der Waals surface area (Å²) in [5, 5.41) is 2.97. The summed E-state index contributed by atoms with van der Waals surface area (Å²) in [4.78, 5) is 0. The zero-order valence-electron chi connectivity index (χ0n) is 10.9. The molecular formula is C15H27N. The maximum Gasteiger partial charge on any atom is 0.0156 e. The molecule has 0 bridgehead atoms. The molecule has 0 heterocycles. The maximum absolute atomic E-state index is 3.68. The summed E-state index contributed by atoms with van der Waals surface area (Å²) in [7, 11) is 1.91. The van der Waals surface area contributed by atoms with Gasteiger partial charge in [0.2, 0.25) is 0 Å². The lowest BCUT2D eigenvalue weighted by atomic mass is 10.1. The van der Waals surface area contributed by atoms with Gasteiger partial charge in [0.1, 0.15) is 0 Å². The van der Waals surface area contributed by atoms with Gasteiger partial charge in [-0.3, -0.25) is 0 Å². The van der Waals surface area contributed by atoms with E-state index in [0.717, 1.165) is 6.54 Å². The number of benzene rings is 1. The normalized spacial score (nSPS) is 9.19. The van der Waals surface area contributed by atoms with Gasteiger partial charge in [-0.25, -0.2) is 0 Å². The Labute approximate surface area is 102 Å². The number of hydrogen-bond donors (Lipinski definition) is 1. The lowest BCUT2D eigenvalue weighted by Gasteiger charge is -1.96. The molecule has 1 heteroatoms. The van der Waals surface area contributed by atoms with Gasteiger partial charge in [0.05, 0.1) is 0 Å². The fraction of sp³-hybridized carbons (Fsp3) is 0.467. The minimum Gasteiger partial charge on any atom is -0.316 e. The Bertz CT molecular complexity index is 270. The Balaban J connectivity index is 0. The van der Waals surface area contributed by atoms with Crippen molar-refractivity contribution in [3.8, 4) is 0 Å². The molecule has 0 saturated carbocycles. The molecule has 92 valence electrons. The SMILES string of the molecule is C=C(C)CNC.CCCCc1ccccc1.[HH]. The minimum atomic E-state index is 0. The lowest BCUT2D eigenvalue weighted by molar-refractivity contribution is 0.795. The standard InChI is InChI=1S/C10H14.C5H11N.H2/c1-2-3-7-10-8-5-4-6-9-10;1-5(2)4-6-3;/h4-6,8-9H,2-3,7H2,1H3;6H,1,4H2,2-3H3;1H. The van der Waals surface area contributed by atoms with Crippen LogP contribution >= 0.6 is 0 Å². The summed E-state index contributed by atoms with van der Waals surface area (Å²) >= 11 is 0. The molecule has 0 aromatic heterocycles. The van der Waals surface area contributed by atoms with Crippen LogP contribution < -0.4 is 5.32 Å². The topological polar surface area (TPSA) is 12.0 Å². The second kappa shape index (κ2) is 10.4. The lowest BCUT2D eigenvalue weighted by Crippen LogP contribution is -2.07. The number of hydrogen-bond acceptors (Lipinski definition) is 1. The van der Waals surface area contributed by atoms with Crippen LogP contribution in [0.5, 0.6) is 0 Å². The van der Waals surface area contributed by atoms with E-state index in [9.17, 15) is 0 Å².